The molecule has 2 saturated heterocycles. The van der Waals surface area contributed by atoms with Gasteiger partial charge in [0.15, 0.2) is 6.10 Å². The first-order valence-electron chi connectivity index (χ1n) is 8.22. The van der Waals surface area contributed by atoms with Crippen molar-refractivity contribution in [3.63, 3.8) is 0 Å². The second kappa shape index (κ2) is 6.67. The number of carbonyl (C=O) groups is 3. The topological polar surface area (TPSA) is 88.2 Å². The van der Waals surface area contributed by atoms with Gasteiger partial charge in [-0.25, -0.2) is 18.4 Å². The molecule has 0 radical (unpaired) electrons. The van der Waals surface area contributed by atoms with E-state index in [1.165, 1.54) is 19.1 Å². The number of amides is 3. The van der Waals surface area contributed by atoms with Crippen molar-refractivity contribution in [1.29, 1.82) is 0 Å². The Hall–Kier alpha value is -2.91. The molecule has 0 saturated carbocycles. The van der Waals surface area contributed by atoms with Crippen LogP contribution < -0.4 is 10.2 Å². The highest BCUT2D eigenvalue weighted by Gasteiger charge is 2.47. The van der Waals surface area contributed by atoms with E-state index in [4.69, 9.17) is 4.74 Å². The molecule has 0 bridgehead atoms. The minimum atomic E-state index is -1.05. The zero-order chi connectivity index (χ0) is 19.9. The Kier molecular flexibility index (Phi) is 4.66. The van der Waals surface area contributed by atoms with Crippen molar-refractivity contribution in [3.8, 4) is 0 Å². The van der Waals surface area contributed by atoms with E-state index in [1.807, 2.05) is 0 Å². The fourth-order valence-corrected chi connectivity index (χ4v) is 3.48. The molecule has 3 rings (SSSR count). The van der Waals surface area contributed by atoms with E-state index in [-0.39, 0.29) is 30.9 Å². The molecule has 3 amide bonds. The Morgan fingerprint density at radius 3 is 2.41 bits per heavy atom. The Bertz CT molecular complexity index is 787. The van der Waals surface area contributed by atoms with E-state index in [9.17, 15) is 23.2 Å². The van der Waals surface area contributed by atoms with Crippen molar-refractivity contribution in [2.24, 2.45) is 0 Å². The molecule has 0 spiro atoms. The molecule has 1 aromatic rings. The smallest absolute Gasteiger partial charge is 0.415 e. The second-order valence-electron chi connectivity index (χ2n) is 6.77. The zero-order valence-corrected chi connectivity index (χ0v) is 15.0. The number of nitrogens with one attached hydrogen (secondary N) is 1. The first-order valence-corrected chi connectivity index (χ1v) is 8.22. The summed E-state index contributed by atoms with van der Waals surface area (Å²) in [6, 6.07) is 2.05. The highest BCUT2D eigenvalue weighted by molar-refractivity contribution is 5.95. The lowest BCUT2D eigenvalue weighted by Crippen LogP contribution is -2.60. The molecule has 10 heteroatoms. The summed E-state index contributed by atoms with van der Waals surface area (Å²) >= 11 is 0. The number of methoxy groups -OCH3 is 1. The fourth-order valence-electron chi connectivity index (χ4n) is 3.48. The van der Waals surface area contributed by atoms with Gasteiger partial charge in [-0.3, -0.25) is 9.69 Å². The van der Waals surface area contributed by atoms with Gasteiger partial charge in [0.25, 0.3) is 5.91 Å². The molecule has 27 heavy (non-hydrogen) atoms. The van der Waals surface area contributed by atoms with E-state index < -0.39 is 41.2 Å². The third-order valence-electron chi connectivity index (χ3n) is 4.81. The molecule has 2 aliphatic rings. The Morgan fingerprint density at radius 2 is 1.89 bits per heavy atom. The van der Waals surface area contributed by atoms with Gasteiger partial charge in [0.2, 0.25) is 0 Å². The molecule has 1 aromatic carbocycles. The normalized spacial score (nSPS) is 20.8. The summed E-state index contributed by atoms with van der Waals surface area (Å²) in [5, 5.41) is 2.35. The first kappa shape index (κ1) is 18.9. The molecule has 0 aromatic heterocycles. The van der Waals surface area contributed by atoms with Gasteiger partial charge in [0.1, 0.15) is 11.6 Å². The van der Waals surface area contributed by atoms with Gasteiger partial charge in [-0.15, -0.1) is 0 Å². The van der Waals surface area contributed by atoms with Crippen molar-refractivity contribution in [3.05, 3.63) is 29.3 Å². The van der Waals surface area contributed by atoms with Crippen molar-refractivity contribution in [2.45, 2.75) is 18.4 Å². The van der Waals surface area contributed by atoms with E-state index >= 15 is 0 Å². The lowest BCUT2D eigenvalue weighted by atomic mass is 9.75. The molecular weight excluding hydrogens is 364 g/mol. The van der Waals surface area contributed by atoms with E-state index in [0.29, 0.717) is 0 Å². The first-order chi connectivity index (χ1) is 12.7. The van der Waals surface area contributed by atoms with E-state index in [0.717, 1.165) is 17.0 Å². The second-order valence-corrected chi connectivity index (χ2v) is 6.77. The van der Waals surface area contributed by atoms with Gasteiger partial charge in [0.05, 0.1) is 19.3 Å². The number of rotatable bonds is 3. The minimum Gasteiger partial charge on any atom is -0.453 e. The third-order valence-corrected chi connectivity index (χ3v) is 4.81. The number of anilines is 1. The molecule has 146 valence electrons. The van der Waals surface area contributed by atoms with Gasteiger partial charge in [-0.1, -0.05) is 6.92 Å². The molecule has 1 N–H and O–H groups in total. The Balaban J connectivity index is 1.83. The average Bonchev–Trinajstić information content (AvgIpc) is 2.99. The number of halogens is 2. The van der Waals surface area contributed by atoms with Gasteiger partial charge in [-0.2, -0.15) is 0 Å². The molecule has 0 aliphatic carbocycles. The van der Waals surface area contributed by atoms with Crippen LogP contribution in [0.3, 0.4) is 0 Å². The minimum absolute atomic E-state index is 0.0436. The quantitative estimate of drug-likeness (QED) is 0.852. The van der Waals surface area contributed by atoms with Gasteiger partial charge in [0, 0.05) is 31.1 Å². The maximum absolute atomic E-state index is 14.7. The van der Waals surface area contributed by atoms with Crippen LogP contribution in [0.5, 0.6) is 0 Å². The van der Waals surface area contributed by atoms with Gasteiger partial charge in [-0.05, 0) is 12.1 Å². The lowest BCUT2D eigenvalue weighted by molar-refractivity contribution is -0.127. The SMILES string of the molecule is CNC(=O)C1CN(c2cc(F)c(C3(C)CN(C(=O)OC)C3)c(F)c2)C(=O)O1. The van der Waals surface area contributed by atoms with Crippen LogP contribution in [-0.2, 0) is 19.7 Å². The van der Waals surface area contributed by atoms with Crippen molar-refractivity contribution in [2.75, 3.05) is 38.7 Å². The van der Waals surface area contributed by atoms with Crippen LogP contribution in [0.1, 0.15) is 12.5 Å². The number of carbonyl (C=O) groups excluding carboxylic acids is 3. The number of hydrogen-bond donors (Lipinski definition) is 1. The van der Waals surface area contributed by atoms with Crippen LogP contribution in [-0.4, -0.2) is 62.9 Å². The maximum atomic E-state index is 14.7. The molecule has 2 heterocycles. The number of ether oxygens (including phenoxy) is 2. The van der Waals surface area contributed by atoms with Crippen LogP contribution in [0.2, 0.25) is 0 Å². The molecule has 2 aliphatic heterocycles. The summed E-state index contributed by atoms with van der Waals surface area (Å²) in [4.78, 5) is 37.4. The highest BCUT2D eigenvalue weighted by atomic mass is 19.1. The number of nitrogens with zero attached hydrogens (tertiary/aromatic N) is 2. The van der Waals surface area contributed by atoms with Crippen LogP contribution in [0.4, 0.5) is 24.1 Å². The zero-order valence-electron chi connectivity index (χ0n) is 15.0. The maximum Gasteiger partial charge on any atom is 0.415 e. The summed E-state index contributed by atoms with van der Waals surface area (Å²) in [6.07, 6.45) is -2.47. The molecule has 1 atom stereocenters. The largest absolute Gasteiger partial charge is 0.453 e. The van der Waals surface area contributed by atoms with E-state index in [2.05, 4.69) is 10.1 Å². The number of hydrogen-bond acceptors (Lipinski definition) is 5. The summed E-state index contributed by atoms with van der Waals surface area (Å²) in [5.41, 5.74) is -1.11. The molecule has 8 nitrogen and oxygen atoms in total. The number of likely N-dealkylation sites (N-methyl/N-ethyl adjacent to an activating group) is 1. The van der Waals surface area contributed by atoms with Crippen LogP contribution in [0, 0.1) is 11.6 Å². The summed E-state index contributed by atoms with van der Waals surface area (Å²) in [7, 11) is 2.62. The summed E-state index contributed by atoms with van der Waals surface area (Å²) < 4.78 is 38.9. The molecule has 1 unspecified atom stereocenters. The van der Waals surface area contributed by atoms with Gasteiger partial charge < -0.3 is 19.7 Å². The van der Waals surface area contributed by atoms with Crippen molar-refractivity contribution >= 4 is 23.8 Å². The third kappa shape index (κ3) is 3.15. The van der Waals surface area contributed by atoms with Crippen molar-refractivity contribution in [1.82, 2.24) is 10.2 Å². The summed E-state index contributed by atoms with van der Waals surface area (Å²) in [5.74, 6) is -2.19. The monoisotopic (exact) mass is 383 g/mol. The van der Waals surface area contributed by atoms with Crippen molar-refractivity contribution < 1.29 is 32.6 Å². The molecular formula is C17H19F2N3O5. The Morgan fingerprint density at radius 1 is 1.30 bits per heavy atom. The summed E-state index contributed by atoms with van der Waals surface area (Å²) in [6.45, 7) is 1.71. The molecule has 2 fully saturated rings. The number of likely N-dealkylation sites (tertiary alicyclic amines) is 1. The number of cyclic esters (lactones) is 1. The Labute approximate surface area is 154 Å². The van der Waals surface area contributed by atoms with Gasteiger partial charge >= 0.3 is 12.2 Å². The fraction of sp³-hybridized carbons (Fsp3) is 0.471. The average molecular weight is 383 g/mol. The predicted octanol–water partition coefficient (Wildman–Crippen LogP) is 1.38. The highest BCUT2D eigenvalue weighted by Crippen LogP contribution is 2.39. The predicted molar refractivity (Wildman–Crippen MR) is 89.4 cm³/mol. The van der Waals surface area contributed by atoms with Crippen LogP contribution in [0.25, 0.3) is 0 Å². The number of benzene rings is 1. The standard InChI is InChI=1S/C17H19F2N3O5/c1-17(7-21(8-17)15(24)26-3)13-10(18)4-9(5-11(13)19)22-6-12(14(23)20-2)27-16(22)25/h4-5,12H,6-8H2,1-3H3,(H,20,23). The lowest BCUT2D eigenvalue weighted by Gasteiger charge is -2.47. The van der Waals surface area contributed by atoms with Crippen LogP contribution in [0.15, 0.2) is 12.1 Å². The van der Waals surface area contributed by atoms with E-state index in [1.54, 1.807) is 6.92 Å². The van der Waals surface area contributed by atoms with Crippen LogP contribution >= 0.6 is 0 Å².